The van der Waals surface area contributed by atoms with E-state index in [2.05, 4.69) is 15.9 Å². The number of carbonyl (C=O) groups excluding carboxylic acids is 1. The van der Waals surface area contributed by atoms with Gasteiger partial charge in [0.05, 0.1) is 19.1 Å². The summed E-state index contributed by atoms with van der Waals surface area (Å²) in [5.41, 5.74) is 1.53. The minimum Gasteiger partial charge on any atom is -0.496 e. The number of para-hydroxylation sites is 1. The normalized spacial score (nSPS) is 17.3. The Morgan fingerprint density at radius 1 is 1.25 bits per heavy atom. The van der Waals surface area contributed by atoms with Crippen LogP contribution in [-0.2, 0) is 0 Å². The molecule has 4 heteroatoms. The predicted molar refractivity (Wildman–Crippen MR) is 79.5 cm³/mol. The molecule has 102 valence electrons. The minimum atomic E-state index is -0.299. The molecule has 20 heavy (non-hydrogen) atoms. The Labute approximate surface area is 125 Å². The number of Topliss-reactive ketones (excluding diaryl/α,β-unsaturated/α-hetero) is 1. The zero-order valence-corrected chi connectivity index (χ0v) is 12.5. The third kappa shape index (κ3) is 2.31. The number of rotatable bonds is 2. The molecule has 1 heterocycles. The number of halogens is 1. The highest BCUT2D eigenvalue weighted by Crippen LogP contribution is 2.38. The smallest absolute Gasteiger partial charge is 0.170 e. The van der Waals surface area contributed by atoms with Crippen LogP contribution in [0.4, 0.5) is 0 Å². The van der Waals surface area contributed by atoms with Crippen LogP contribution in [0, 0.1) is 0 Å². The van der Waals surface area contributed by atoms with Gasteiger partial charge in [-0.05, 0) is 24.3 Å². The molecule has 1 aliphatic heterocycles. The van der Waals surface area contributed by atoms with Crippen LogP contribution in [-0.4, -0.2) is 12.9 Å². The first-order chi connectivity index (χ1) is 9.69. The van der Waals surface area contributed by atoms with Gasteiger partial charge in [-0.15, -0.1) is 0 Å². The van der Waals surface area contributed by atoms with Crippen molar-refractivity contribution >= 4 is 21.7 Å². The van der Waals surface area contributed by atoms with Gasteiger partial charge in [0.2, 0.25) is 0 Å². The lowest BCUT2D eigenvalue weighted by molar-refractivity contribution is 0.0847. The Kier molecular flexibility index (Phi) is 3.49. The SMILES string of the molecule is COc1ccccc1C1CC(=O)c2cc(Br)ccc2O1. The van der Waals surface area contributed by atoms with E-state index in [9.17, 15) is 4.79 Å². The Hall–Kier alpha value is -1.81. The van der Waals surface area contributed by atoms with Crippen molar-refractivity contribution in [3.8, 4) is 11.5 Å². The summed E-state index contributed by atoms with van der Waals surface area (Å²) in [6, 6.07) is 13.1. The Morgan fingerprint density at radius 2 is 2.05 bits per heavy atom. The van der Waals surface area contributed by atoms with Gasteiger partial charge in [0.25, 0.3) is 0 Å². The van der Waals surface area contributed by atoms with E-state index in [1.807, 2.05) is 36.4 Å². The molecule has 0 fully saturated rings. The Morgan fingerprint density at radius 3 is 2.85 bits per heavy atom. The first-order valence-corrected chi connectivity index (χ1v) is 7.10. The molecule has 0 amide bonds. The molecule has 0 aromatic heterocycles. The van der Waals surface area contributed by atoms with Crippen molar-refractivity contribution in [2.75, 3.05) is 7.11 Å². The van der Waals surface area contributed by atoms with Crippen LogP contribution in [0.1, 0.15) is 28.4 Å². The van der Waals surface area contributed by atoms with E-state index in [-0.39, 0.29) is 11.9 Å². The summed E-state index contributed by atoms with van der Waals surface area (Å²) in [5.74, 6) is 1.45. The lowest BCUT2D eigenvalue weighted by Gasteiger charge is -2.26. The van der Waals surface area contributed by atoms with Gasteiger partial charge in [-0.3, -0.25) is 4.79 Å². The summed E-state index contributed by atoms with van der Waals surface area (Å²) < 4.78 is 12.2. The maximum absolute atomic E-state index is 12.3. The van der Waals surface area contributed by atoms with Crippen molar-refractivity contribution in [2.24, 2.45) is 0 Å². The van der Waals surface area contributed by atoms with E-state index in [1.165, 1.54) is 0 Å². The van der Waals surface area contributed by atoms with Crippen molar-refractivity contribution in [2.45, 2.75) is 12.5 Å². The maximum atomic E-state index is 12.3. The van der Waals surface area contributed by atoms with Crippen molar-refractivity contribution in [1.82, 2.24) is 0 Å². The van der Waals surface area contributed by atoms with Crippen LogP contribution in [0.5, 0.6) is 11.5 Å². The van der Waals surface area contributed by atoms with Crippen LogP contribution in [0.3, 0.4) is 0 Å². The van der Waals surface area contributed by atoms with Crippen LogP contribution in [0.2, 0.25) is 0 Å². The highest BCUT2D eigenvalue weighted by atomic mass is 79.9. The van der Waals surface area contributed by atoms with Gasteiger partial charge < -0.3 is 9.47 Å². The third-order valence-corrected chi connectivity index (χ3v) is 3.86. The fraction of sp³-hybridized carbons (Fsp3) is 0.188. The molecule has 1 aliphatic rings. The largest absolute Gasteiger partial charge is 0.496 e. The molecule has 0 spiro atoms. The van der Waals surface area contributed by atoms with Crippen LogP contribution in [0.15, 0.2) is 46.9 Å². The fourth-order valence-corrected chi connectivity index (χ4v) is 2.76. The summed E-state index contributed by atoms with van der Waals surface area (Å²) in [4.78, 5) is 12.3. The maximum Gasteiger partial charge on any atom is 0.170 e. The van der Waals surface area contributed by atoms with E-state index < -0.39 is 0 Å². The Balaban J connectivity index is 1.99. The second-order valence-corrected chi connectivity index (χ2v) is 5.53. The first kappa shape index (κ1) is 13.2. The van der Waals surface area contributed by atoms with E-state index in [0.29, 0.717) is 17.7 Å². The molecule has 2 aromatic rings. The predicted octanol–water partition coefficient (Wildman–Crippen LogP) is 4.16. The van der Waals surface area contributed by atoms with Gasteiger partial charge in [0.1, 0.15) is 17.6 Å². The van der Waals surface area contributed by atoms with Crippen molar-refractivity contribution in [3.05, 3.63) is 58.1 Å². The molecule has 0 N–H and O–H groups in total. The van der Waals surface area contributed by atoms with E-state index in [4.69, 9.17) is 9.47 Å². The molecule has 0 saturated heterocycles. The van der Waals surface area contributed by atoms with Gasteiger partial charge >= 0.3 is 0 Å². The zero-order chi connectivity index (χ0) is 14.1. The monoisotopic (exact) mass is 332 g/mol. The fourth-order valence-electron chi connectivity index (χ4n) is 2.40. The molecule has 1 unspecified atom stereocenters. The highest BCUT2D eigenvalue weighted by molar-refractivity contribution is 9.10. The lowest BCUT2D eigenvalue weighted by Crippen LogP contribution is -2.20. The summed E-state index contributed by atoms with van der Waals surface area (Å²) in [6.07, 6.45) is 0.0245. The number of benzene rings is 2. The third-order valence-electron chi connectivity index (χ3n) is 3.37. The summed E-state index contributed by atoms with van der Waals surface area (Å²) >= 11 is 3.37. The first-order valence-electron chi connectivity index (χ1n) is 6.31. The average molecular weight is 333 g/mol. The van der Waals surface area contributed by atoms with Crippen LogP contribution >= 0.6 is 15.9 Å². The second-order valence-electron chi connectivity index (χ2n) is 4.62. The van der Waals surface area contributed by atoms with Gasteiger partial charge in [-0.2, -0.15) is 0 Å². The molecule has 2 aromatic carbocycles. The molecule has 3 rings (SSSR count). The van der Waals surface area contributed by atoms with Crippen LogP contribution in [0.25, 0.3) is 0 Å². The van der Waals surface area contributed by atoms with Crippen molar-refractivity contribution in [3.63, 3.8) is 0 Å². The quantitative estimate of drug-likeness (QED) is 0.828. The molecule has 3 nitrogen and oxygen atoms in total. The molecule has 0 bridgehead atoms. The summed E-state index contributed by atoms with van der Waals surface area (Å²) in [5, 5.41) is 0. The molecule has 0 saturated carbocycles. The number of ketones is 1. The van der Waals surface area contributed by atoms with Crippen molar-refractivity contribution < 1.29 is 14.3 Å². The minimum absolute atomic E-state index is 0.0865. The van der Waals surface area contributed by atoms with E-state index in [1.54, 1.807) is 13.2 Å². The van der Waals surface area contributed by atoms with Gasteiger partial charge in [-0.1, -0.05) is 34.1 Å². The van der Waals surface area contributed by atoms with E-state index >= 15 is 0 Å². The molecular formula is C16H13BrO3. The lowest BCUT2D eigenvalue weighted by atomic mass is 9.96. The summed E-state index contributed by atoms with van der Waals surface area (Å²) in [6.45, 7) is 0. The molecular weight excluding hydrogens is 320 g/mol. The topological polar surface area (TPSA) is 35.5 Å². The number of carbonyl (C=O) groups is 1. The van der Waals surface area contributed by atoms with Gasteiger partial charge in [0.15, 0.2) is 5.78 Å². The average Bonchev–Trinajstić information content (AvgIpc) is 2.47. The number of hydrogen-bond donors (Lipinski definition) is 0. The number of fused-ring (bicyclic) bond motifs is 1. The van der Waals surface area contributed by atoms with Gasteiger partial charge in [-0.25, -0.2) is 0 Å². The van der Waals surface area contributed by atoms with E-state index in [0.717, 1.165) is 15.8 Å². The second kappa shape index (κ2) is 5.29. The molecule has 0 aliphatic carbocycles. The number of hydrogen-bond acceptors (Lipinski definition) is 3. The van der Waals surface area contributed by atoms with Gasteiger partial charge in [0, 0.05) is 10.0 Å². The zero-order valence-electron chi connectivity index (χ0n) is 10.9. The summed E-state index contributed by atoms with van der Waals surface area (Å²) in [7, 11) is 1.62. The molecule has 1 atom stereocenters. The van der Waals surface area contributed by atoms with Crippen LogP contribution < -0.4 is 9.47 Å². The molecule has 0 radical (unpaired) electrons. The highest BCUT2D eigenvalue weighted by Gasteiger charge is 2.29. The Bertz CT molecular complexity index is 667. The number of ether oxygens (including phenoxy) is 2. The number of methoxy groups -OCH3 is 1. The van der Waals surface area contributed by atoms with Crippen molar-refractivity contribution in [1.29, 1.82) is 0 Å². The standard InChI is InChI=1S/C16H13BrO3/c1-19-14-5-3-2-4-11(14)16-9-13(18)12-8-10(17)6-7-15(12)20-16/h2-8,16H,9H2,1H3.